The summed E-state index contributed by atoms with van der Waals surface area (Å²) in [4.78, 5) is 12.8. The van der Waals surface area contributed by atoms with Crippen molar-refractivity contribution in [2.75, 3.05) is 5.32 Å². The first-order valence-corrected chi connectivity index (χ1v) is 11.1. The van der Waals surface area contributed by atoms with Crippen LogP contribution in [0.4, 0.5) is 5.69 Å². The lowest BCUT2D eigenvalue weighted by atomic mass is 10.2. The van der Waals surface area contributed by atoms with Crippen LogP contribution in [0.3, 0.4) is 0 Å². The fourth-order valence-electron chi connectivity index (χ4n) is 3.08. The molecule has 1 atom stereocenters. The molecule has 0 aliphatic heterocycles. The van der Waals surface area contributed by atoms with Gasteiger partial charge in [0.2, 0.25) is 5.91 Å². The first kappa shape index (κ1) is 19.2. The molecule has 1 amide bonds. The van der Waals surface area contributed by atoms with Crippen molar-refractivity contribution < 1.29 is 4.79 Å². The molecule has 0 spiro atoms. The third-order valence-corrected chi connectivity index (χ3v) is 7.21. The number of hydrogen-bond acceptors (Lipinski definition) is 5. The summed E-state index contributed by atoms with van der Waals surface area (Å²) in [5, 5.41) is 14.8. The topological polar surface area (TPSA) is 59.3 Å². The fraction of sp³-hybridized carbons (Fsp3) is 0.250. The molecule has 4 rings (SSSR count). The molecule has 0 bridgehead atoms. The van der Waals surface area contributed by atoms with E-state index in [4.69, 9.17) is 11.6 Å². The highest BCUT2D eigenvalue weighted by molar-refractivity contribution is 8.00. The minimum Gasteiger partial charge on any atom is -0.325 e. The quantitative estimate of drug-likeness (QED) is 0.411. The monoisotopic (exact) mass is 430 g/mol. The van der Waals surface area contributed by atoms with Crippen LogP contribution in [0, 0.1) is 13.8 Å². The van der Waals surface area contributed by atoms with Gasteiger partial charge in [-0.3, -0.25) is 9.20 Å². The maximum atomic E-state index is 12.8. The number of amides is 1. The molecular weight excluding hydrogens is 412 g/mol. The molecule has 144 valence electrons. The van der Waals surface area contributed by atoms with Gasteiger partial charge in [0.25, 0.3) is 0 Å². The third-order valence-electron chi connectivity index (χ3n) is 4.61. The van der Waals surface area contributed by atoms with Crippen molar-refractivity contribution in [3.05, 3.63) is 52.1 Å². The first-order chi connectivity index (χ1) is 13.5. The average molecular weight is 431 g/mol. The zero-order valence-electron chi connectivity index (χ0n) is 15.7. The lowest BCUT2D eigenvalue weighted by Gasteiger charge is -2.15. The standard InChI is InChI=1S/C20H19ClN4OS2/c1-4-17(19(26)22-13-6-5-11(2)14(21)9-13)28-20-16-10-18-15(7-8-27-18)25(16)12(3)23-24-20/h5-10,17H,4H2,1-3H3,(H,22,26). The molecule has 0 saturated carbocycles. The lowest BCUT2D eigenvalue weighted by molar-refractivity contribution is -0.115. The third kappa shape index (κ3) is 3.50. The molecular formula is C20H19ClN4OS2. The molecule has 1 unspecified atom stereocenters. The summed E-state index contributed by atoms with van der Waals surface area (Å²) < 4.78 is 3.29. The van der Waals surface area contributed by atoms with Crippen LogP contribution >= 0.6 is 34.7 Å². The summed E-state index contributed by atoms with van der Waals surface area (Å²) >= 11 is 9.31. The van der Waals surface area contributed by atoms with E-state index in [2.05, 4.69) is 37.4 Å². The van der Waals surface area contributed by atoms with Crippen molar-refractivity contribution in [3.63, 3.8) is 0 Å². The minimum atomic E-state index is -0.283. The lowest BCUT2D eigenvalue weighted by Crippen LogP contribution is -2.24. The van der Waals surface area contributed by atoms with Crippen LogP contribution < -0.4 is 5.32 Å². The van der Waals surface area contributed by atoms with Gasteiger partial charge in [-0.1, -0.05) is 36.4 Å². The first-order valence-electron chi connectivity index (χ1n) is 8.93. The maximum absolute atomic E-state index is 12.8. The Kier molecular flexibility index (Phi) is 5.31. The summed E-state index contributed by atoms with van der Waals surface area (Å²) in [6.07, 6.45) is 0.673. The predicted octanol–water partition coefficient (Wildman–Crippen LogP) is 5.72. The summed E-state index contributed by atoms with van der Waals surface area (Å²) in [7, 11) is 0. The van der Waals surface area contributed by atoms with Crippen molar-refractivity contribution in [1.29, 1.82) is 0 Å². The predicted molar refractivity (Wildman–Crippen MR) is 118 cm³/mol. The van der Waals surface area contributed by atoms with Crippen LogP contribution in [0.15, 0.2) is 40.7 Å². The molecule has 0 radical (unpaired) electrons. The number of anilines is 1. The smallest absolute Gasteiger partial charge is 0.237 e. The molecule has 0 fully saturated rings. The van der Waals surface area contributed by atoms with Crippen molar-refractivity contribution in [2.45, 2.75) is 37.5 Å². The number of benzene rings is 1. The van der Waals surface area contributed by atoms with Gasteiger partial charge in [0.15, 0.2) is 0 Å². The summed E-state index contributed by atoms with van der Waals surface area (Å²) in [6, 6.07) is 9.74. The van der Waals surface area contributed by atoms with Gasteiger partial charge >= 0.3 is 0 Å². The van der Waals surface area contributed by atoms with Crippen molar-refractivity contribution in [1.82, 2.24) is 14.6 Å². The van der Waals surface area contributed by atoms with Crippen LogP contribution in [-0.4, -0.2) is 25.8 Å². The van der Waals surface area contributed by atoms with Crippen molar-refractivity contribution >= 4 is 62.0 Å². The highest BCUT2D eigenvalue weighted by Crippen LogP contribution is 2.33. The van der Waals surface area contributed by atoms with E-state index in [0.29, 0.717) is 17.1 Å². The number of halogens is 1. The second-order valence-electron chi connectivity index (χ2n) is 6.56. The Bertz CT molecular complexity index is 1180. The second-order valence-corrected chi connectivity index (χ2v) is 9.10. The Morgan fingerprint density at radius 3 is 2.82 bits per heavy atom. The highest BCUT2D eigenvalue weighted by atomic mass is 35.5. The number of carbonyl (C=O) groups excluding carboxylic acids is 1. The molecule has 1 N–H and O–H groups in total. The van der Waals surface area contributed by atoms with Crippen molar-refractivity contribution in [2.24, 2.45) is 0 Å². The highest BCUT2D eigenvalue weighted by Gasteiger charge is 2.22. The molecule has 3 aromatic heterocycles. The molecule has 0 aliphatic carbocycles. The van der Waals surface area contributed by atoms with Gasteiger partial charge in [0.1, 0.15) is 10.9 Å². The minimum absolute atomic E-state index is 0.0682. The number of aromatic nitrogens is 3. The SMILES string of the molecule is CCC(Sc1nnc(C)n2c1cc1sccc12)C(=O)Nc1ccc(C)c(Cl)c1. The summed E-state index contributed by atoms with van der Waals surface area (Å²) in [5.41, 5.74) is 3.79. The number of fused-ring (bicyclic) bond motifs is 3. The molecule has 1 aromatic carbocycles. The van der Waals surface area contributed by atoms with Gasteiger partial charge in [-0.25, -0.2) is 0 Å². The van der Waals surface area contributed by atoms with Crippen LogP contribution in [-0.2, 0) is 4.79 Å². The van der Waals surface area contributed by atoms with Crippen molar-refractivity contribution in [3.8, 4) is 0 Å². The largest absolute Gasteiger partial charge is 0.325 e. The second kappa shape index (κ2) is 7.73. The fourth-order valence-corrected chi connectivity index (χ4v) is 5.02. The molecule has 4 aromatic rings. The summed E-state index contributed by atoms with van der Waals surface area (Å²) in [6.45, 7) is 5.87. The van der Waals surface area contributed by atoms with Gasteiger partial charge in [0, 0.05) is 10.7 Å². The van der Waals surface area contributed by atoms with Gasteiger partial charge in [-0.15, -0.1) is 21.5 Å². The number of hydrogen-bond donors (Lipinski definition) is 1. The Labute approximate surface area is 176 Å². The number of thiophene rings is 1. The van der Waals surface area contributed by atoms with Gasteiger partial charge in [-0.05, 0) is 55.5 Å². The van der Waals surface area contributed by atoms with Crippen LogP contribution in [0.5, 0.6) is 0 Å². The van der Waals surface area contributed by atoms with E-state index in [1.165, 1.54) is 16.5 Å². The van der Waals surface area contributed by atoms with Crippen LogP contribution in [0.25, 0.3) is 15.7 Å². The van der Waals surface area contributed by atoms with Gasteiger partial charge in [0.05, 0.1) is 21.0 Å². The van der Waals surface area contributed by atoms with Crippen LogP contribution in [0.2, 0.25) is 5.02 Å². The normalized spacial score (nSPS) is 12.6. The van der Waals surface area contributed by atoms with E-state index in [1.54, 1.807) is 17.4 Å². The zero-order chi connectivity index (χ0) is 19.8. The number of rotatable bonds is 5. The number of aryl methyl sites for hydroxylation is 2. The van der Waals surface area contributed by atoms with E-state index in [1.807, 2.05) is 32.9 Å². The average Bonchev–Trinajstić information content (AvgIpc) is 3.25. The Balaban J connectivity index is 1.62. The molecule has 5 nitrogen and oxygen atoms in total. The molecule has 0 aliphatic rings. The summed E-state index contributed by atoms with van der Waals surface area (Å²) in [5.74, 6) is 0.765. The van der Waals surface area contributed by atoms with E-state index < -0.39 is 0 Å². The van der Waals surface area contributed by atoms with Gasteiger partial charge in [-0.2, -0.15) is 0 Å². The van der Waals surface area contributed by atoms with Gasteiger partial charge < -0.3 is 5.32 Å². The number of thioether (sulfide) groups is 1. The van der Waals surface area contributed by atoms with E-state index in [-0.39, 0.29) is 11.2 Å². The number of nitrogens with zero attached hydrogens (tertiary/aromatic N) is 3. The molecule has 28 heavy (non-hydrogen) atoms. The van der Waals surface area contributed by atoms with E-state index in [0.717, 1.165) is 27.4 Å². The number of carbonyl (C=O) groups is 1. The number of nitrogens with one attached hydrogen (secondary N) is 1. The molecule has 0 saturated heterocycles. The zero-order valence-corrected chi connectivity index (χ0v) is 18.1. The Hall–Kier alpha value is -2.09. The Morgan fingerprint density at radius 1 is 1.25 bits per heavy atom. The van der Waals surface area contributed by atoms with Crippen LogP contribution in [0.1, 0.15) is 24.7 Å². The molecule has 8 heteroatoms. The Morgan fingerprint density at radius 2 is 2.07 bits per heavy atom. The van der Waals surface area contributed by atoms with E-state index in [9.17, 15) is 4.79 Å². The maximum Gasteiger partial charge on any atom is 0.237 e. The molecule has 3 heterocycles. The van der Waals surface area contributed by atoms with E-state index >= 15 is 0 Å².